The van der Waals surface area contributed by atoms with Crippen LogP contribution in [0.2, 0.25) is 0 Å². The zero-order valence-electron chi connectivity index (χ0n) is 7.24. The van der Waals surface area contributed by atoms with Crippen molar-refractivity contribution in [1.82, 2.24) is 0 Å². The second-order valence-corrected chi connectivity index (χ2v) is 4.48. The summed E-state index contributed by atoms with van der Waals surface area (Å²) in [7, 11) is -4.71. The zero-order chi connectivity index (χ0) is 10.8. The molecule has 1 fully saturated rings. The van der Waals surface area contributed by atoms with Crippen molar-refractivity contribution in [3.63, 3.8) is 0 Å². The van der Waals surface area contributed by atoms with E-state index in [1.807, 2.05) is 0 Å². The fourth-order valence-corrected chi connectivity index (χ4v) is 1.49. The first-order valence-electron chi connectivity index (χ1n) is 3.99. The van der Waals surface area contributed by atoms with Gasteiger partial charge in [0.15, 0.2) is 6.29 Å². The predicted molar refractivity (Wildman–Crippen MR) is 39.9 cm³/mol. The van der Waals surface area contributed by atoms with Crippen LogP contribution in [0.1, 0.15) is 6.42 Å². The number of rotatable bonds is 4. The molecule has 2 N–H and O–H groups in total. The van der Waals surface area contributed by atoms with Crippen LogP contribution >= 0.6 is 7.60 Å². The van der Waals surface area contributed by atoms with E-state index >= 15 is 0 Å². The Morgan fingerprint density at radius 1 is 1.57 bits per heavy atom. The molecule has 1 rings (SSSR count). The van der Waals surface area contributed by atoms with E-state index < -0.39 is 32.4 Å². The van der Waals surface area contributed by atoms with Gasteiger partial charge in [0, 0.05) is 6.42 Å². The molecule has 1 saturated heterocycles. The van der Waals surface area contributed by atoms with Crippen molar-refractivity contribution in [1.29, 1.82) is 0 Å². The minimum Gasteiger partial charge on any atom is -0.809 e. The van der Waals surface area contributed by atoms with Crippen LogP contribution < -0.4 is 9.79 Å². The molecule has 14 heavy (non-hydrogen) atoms. The maximum Gasteiger partial charge on any atom is 0.161 e. The van der Waals surface area contributed by atoms with E-state index in [1.165, 1.54) is 0 Å². The van der Waals surface area contributed by atoms with Gasteiger partial charge >= 0.3 is 0 Å². The van der Waals surface area contributed by atoms with Crippen LogP contribution in [0.3, 0.4) is 0 Å². The Morgan fingerprint density at radius 3 is 2.64 bits per heavy atom. The molecule has 1 aliphatic rings. The molecule has 3 atom stereocenters. The van der Waals surface area contributed by atoms with Gasteiger partial charge < -0.3 is 34.0 Å². The highest BCUT2D eigenvalue weighted by molar-refractivity contribution is 7.48. The van der Waals surface area contributed by atoms with E-state index in [2.05, 4.69) is 4.74 Å². The summed E-state index contributed by atoms with van der Waals surface area (Å²) < 4.78 is 19.7. The van der Waals surface area contributed by atoms with Crippen LogP contribution in [-0.2, 0) is 14.0 Å². The van der Waals surface area contributed by atoms with E-state index in [4.69, 9.17) is 9.84 Å². The summed E-state index contributed by atoms with van der Waals surface area (Å²) in [6.45, 7) is -0.382. The van der Waals surface area contributed by atoms with Crippen molar-refractivity contribution in [2.75, 3.05) is 13.0 Å². The Hall–Kier alpha value is -0.0100. The Balaban J connectivity index is 2.32. The van der Waals surface area contributed by atoms with Crippen LogP contribution in [0, 0.1) is 0 Å². The number of aliphatic hydroxyl groups is 2. The van der Waals surface area contributed by atoms with Gasteiger partial charge in [0.2, 0.25) is 0 Å². The highest BCUT2D eigenvalue weighted by Crippen LogP contribution is 2.27. The average Bonchev–Trinajstić information content (AvgIpc) is 2.42. The van der Waals surface area contributed by atoms with E-state index in [1.54, 1.807) is 0 Å². The molecule has 8 heteroatoms. The Morgan fingerprint density at radius 2 is 2.21 bits per heavy atom. The lowest BCUT2D eigenvalue weighted by Crippen LogP contribution is -2.25. The molecule has 0 aromatic rings. The second-order valence-electron chi connectivity index (χ2n) is 3.00. The van der Waals surface area contributed by atoms with Crippen LogP contribution in [0.5, 0.6) is 0 Å². The Kier molecular flexibility index (Phi) is 4.03. The topological polar surface area (TPSA) is 122 Å². The first-order valence-corrected chi connectivity index (χ1v) is 5.72. The maximum atomic E-state index is 10.2. The highest BCUT2D eigenvalue weighted by Gasteiger charge is 2.33. The van der Waals surface area contributed by atoms with Crippen molar-refractivity contribution in [3.05, 3.63) is 0 Å². The first kappa shape index (κ1) is 12.1. The van der Waals surface area contributed by atoms with E-state index in [9.17, 15) is 19.5 Å². The lowest BCUT2D eigenvalue weighted by molar-refractivity contribution is -0.321. The fourth-order valence-electron chi connectivity index (χ4n) is 1.14. The van der Waals surface area contributed by atoms with Crippen LogP contribution in [-0.4, -0.2) is 41.7 Å². The van der Waals surface area contributed by atoms with Crippen molar-refractivity contribution in [3.8, 4) is 0 Å². The van der Waals surface area contributed by atoms with E-state index in [0.717, 1.165) is 0 Å². The predicted octanol–water partition coefficient (Wildman–Crippen LogP) is -2.66. The summed E-state index contributed by atoms with van der Waals surface area (Å²) in [5, 5.41) is 17.9. The van der Waals surface area contributed by atoms with Crippen molar-refractivity contribution in [2.24, 2.45) is 0 Å². The van der Waals surface area contributed by atoms with Crippen LogP contribution in [0.4, 0.5) is 0 Å². The Labute approximate surface area is 80.4 Å². The van der Waals surface area contributed by atoms with Gasteiger partial charge in [-0.2, -0.15) is 0 Å². The quantitative estimate of drug-likeness (QED) is 0.501. The minimum atomic E-state index is -4.71. The smallest absolute Gasteiger partial charge is 0.161 e. The number of ether oxygens (including phenoxy) is 2. The molecule has 0 unspecified atom stereocenters. The summed E-state index contributed by atoms with van der Waals surface area (Å²) in [4.78, 5) is 20.4. The zero-order valence-corrected chi connectivity index (χ0v) is 8.13. The standard InChI is InChI=1S/C6H13O7P/c7-2-5-4(8)1-6(13-5)12-3-14(9,10)11/h4-8H,1-3H2,(H2,9,10,11)/p-2/t4-,5+,6+/m0/s1. The van der Waals surface area contributed by atoms with Gasteiger partial charge in [-0.05, 0) is 7.60 Å². The number of aliphatic hydroxyl groups excluding tert-OH is 2. The van der Waals surface area contributed by atoms with Gasteiger partial charge in [-0.25, -0.2) is 0 Å². The molecule has 0 amide bonds. The minimum absolute atomic E-state index is 0.0469. The van der Waals surface area contributed by atoms with Gasteiger partial charge in [-0.15, -0.1) is 0 Å². The van der Waals surface area contributed by atoms with Crippen LogP contribution in [0.25, 0.3) is 0 Å². The van der Waals surface area contributed by atoms with E-state index in [0.29, 0.717) is 0 Å². The van der Waals surface area contributed by atoms with Gasteiger partial charge in [0.25, 0.3) is 0 Å². The van der Waals surface area contributed by atoms with Gasteiger partial charge in [-0.1, -0.05) is 0 Å². The van der Waals surface area contributed by atoms with Crippen molar-refractivity contribution in [2.45, 2.75) is 24.9 Å². The molecule has 0 aromatic carbocycles. The number of hydrogen-bond acceptors (Lipinski definition) is 7. The lowest BCUT2D eigenvalue weighted by atomic mass is 10.2. The fraction of sp³-hybridized carbons (Fsp3) is 1.00. The maximum absolute atomic E-state index is 10.2. The average molecular weight is 226 g/mol. The molecular weight excluding hydrogens is 215 g/mol. The third-order valence-corrected chi connectivity index (χ3v) is 2.25. The first-order chi connectivity index (χ1) is 6.42. The highest BCUT2D eigenvalue weighted by atomic mass is 31.2. The third-order valence-electron chi connectivity index (χ3n) is 1.79. The molecule has 1 aliphatic heterocycles. The molecule has 84 valence electrons. The van der Waals surface area contributed by atoms with Crippen molar-refractivity contribution >= 4 is 7.60 Å². The number of hydrogen-bond donors (Lipinski definition) is 2. The Bertz CT molecular complexity index is 226. The van der Waals surface area contributed by atoms with E-state index in [-0.39, 0.29) is 13.0 Å². The summed E-state index contributed by atoms with van der Waals surface area (Å²) >= 11 is 0. The largest absolute Gasteiger partial charge is 0.809 e. The summed E-state index contributed by atoms with van der Waals surface area (Å²) in [6.07, 6.45) is -3.55. The normalized spacial score (nSPS) is 33.6. The molecule has 1 heterocycles. The van der Waals surface area contributed by atoms with Crippen molar-refractivity contribution < 1.29 is 34.0 Å². The summed E-state index contributed by atoms with van der Waals surface area (Å²) in [6, 6.07) is 0. The summed E-state index contributed by atoms with van der Waals surface area (Å²) in [5.41, 5.74) is 0. The molecule has 0 bridgehead atoms. The van der Waals surface area contributed by atoms with Gasteiger partial charge in [0.1, 0.15) is 6.10 Å². The molecular formula is C6H11O7P-2. The molecule has 0 aromatic heterocycles. The molecule has 7 nitrogen and oxygen atoms in total. The van der Waals surface area contributed by atoms with Crippen LogP contribution in [0.15, 0.2) is 0 Å². The molecule has 0 radical (unpaired) electrons. The molecule has 0 saturated carbocycles. The lowest BCUT2D eigenvalue weighted by Gasteiger charge is -2.29. The molecule has 0 spiro atoms. The second kappa shape index (κ2) is 4.67. The van der Waals surface area contributed by atoms with Gasteiger partial charge in [-0.3, -0.25) is 0 Å². The molecule has 0 aliphatic carbocycles. The SMILES string of the molecule is O=P([O-])([O-])CO[C@H]1C[C@H](O)[C@@H](CO)O1. The third kappa shape index (κ3) is 3.62. The van der Waals surface area contributed by atoms with Gasteiger partial charge in [0.05, 0.1) is 19.1 Å². The monoisotopic (exact) mass is 226 g/mol. The summed E-state index contributed by atoms with van der Waals surface area (Å²) in [5.74, 6) is 0.